The van der Waals surface area contributed by atoms with Crippen LogP contribution in [0.4, 0.5) is 0 Å². The van der Waals surface area contributed by atoms with Crippen molar-refractivity contribution in [2.75, 3.05) is 47.6 Å². The minimum Gasteiger partial charge on any atom is -0.456 e. The molecule has 0 bridgehead atoms. The van der Waals surface area contributed by atoms with Crippen molar-refractivity contribution >= 4 is 14.6 Å². The molecule has 15 heavy (non-hydrogen) atoms. The van der Waals surface area contributed by atoms with Crippen LogP contribution in [0.1, 0.15) is 6.92 Å². The van der Waals surface area contributed by atoms with Crippen LogP contribution in [-0.4, -0.2) is 58.1 Å². The lowest BCUT2D eigenvalue weighted by Crippen LogP contribution is -2.38. The Morgan fingerprint density at radius 2 is 1.73 bits per heavy atom. The summed E-state index contributed by atoms with van der Waals surface area (Å²) < 4.78 is 5.72. The van der Waals surface area contributed by atoms with Crippen LogP contribution in [0.2, 0.25) is 0 Å². The van der Waals surface area contributed by atoms with Gasteiger partial charge in [0.1, 0.15) is 13.2 Å². The van der Waals surface area contributed by atoms with Crippen molar-refractivity contribution in [2.45, 2.75) is 6.92 Å². The molecule has 0 heterocycles. The van der Waals surface area contributed by atoms with Gasteiger partial charge in [-0.25, -0.2) is 4.79 Å². The number of quaternary nitrogens is 1. The van der Waals surface area contributed by atoms with E-state index < -0.39 is 0 Å². The van der Waals surface area contributed by atoms with Crippen LogP contribution in [0.5, 0.6) is 0 Å². The molecule has 0 N–H and O–H groups in total. The molecule has 0 aromatic heterocycles. The number of esters is 1. The molecule has 0 aliphatic carbocycles. The van der Waals surface area contributed by atoms with E-state index in [1.165, 1.54) is 0 Å². The maximum atomic E-state index is 10.9. The molecular weight excluding hydrogens is 209 g/mol. The Balaban J connectivity index is 0. The standard InChI is InChI=1S/C9H18NO2.C2H7P/c1-8(2)9(11)12-7-6-10(3,4)5;1-3-2/h1,6-7H2,2-5H3;3H,1-2H3/q+1;. The number of carbonyl (C=O) groups excluding carboxylic acids is 1. The lowest BCUT2D eigenvalue weighted by atomic mass is 10.4. The zero-order chi connectivity index (χ0) is 12.5. The zero-order valence-corrected chi connectivity index (χ0v) is 11.9. The fourth-order valence-corrected chi connectivity index (χ4v) is 0.535. The minimum atomic E-state index is -0.302. The number of nitrogens with zero attached hydrogens (tertiary/aromatic N) is 1. The SMILES string of the molecule is C=C(C)C(=O)OCC[N+](C)(C)C.CPC. The molecular formula is C11H25NO2P+. The summed E-state index contributed by atoms with van der Waals surface area (Å²) in [5.74, 6) is -0.302. The van der Waals surface area contributed by atoms with Crippen LogP contribution >= 0.6 is 8.58 Å². The second-order valence-electron chi connectivity index (χ2n) is 4.43. The summed E-state index contributed by atoms with van der Waals surface area (Å²) in [6.07, 6.45) is 0. The third-order valence-corrected chi connectivity index (χ3v) is 1.34. The van der Waals surface area contributed by atoms with Gasteiger partial charge in [-0.1, -0.05) is 6.58 Å². The van der Waals surface area contributed by atoms with Crippen LogP contribution in [0.25, 0.3) is 0 Å². The minimum absolute atomic E-state index is 0.302. The molecule has 0 aliphatic rings. The van der Waals surface area contributed by atoms with E-state index in [1.807, 2.05) is 0 Å². The summed E-state index contributed by atoms with van der Waals surface area (Å²) in [5, 5.41) is 0. The maximum absolute atomic E-state index is 10.9. The van der Waals surface area contributed by atoms with Crippen molar-refractivity contribution in [1.29, 1.82) is 0 Å². The first-order valence-corrected chi connectivity index (χ1v) is 6.96. The largest absolute Gasteiger partial charge is 0.456 e. The number of rotatable bonds is 4. The zero-order valence-electron chi connectivity index (χ0n) is 10.9. The molecule has 0 fully saturated rings. The van der Waals surface area contributed by atoms with Gasteiger partial charge in [0.2, 0.25) is 0 Å². The first-order chi connectivity index (χ1) is 6.74. The lowest BCUT2D eigenvalue weighted by Gasteiger charge is -2.23. The normalized spacial score (nSPS) is 10.0. The van der Waals surface area contributed by atoms with Gasteiger partial charge >= 0.3 is 5.97 Å². The van der Waals surface area contributed by atoms with Crippen LogP contribution in [0.15, 0.2) is 12.2 Å². The molecule has 0 unspecified atom stereocenters. The van der Waals surface area contributed by atoms with Crippen molar-refractivity contribution in [3.8, 4) is 0 Å². The van der Waals surface area contributed by atoms with E-state index in [2.05, 4.69) is 41.1 Å². The number of carbonyl (C=O) groups is 1. The molecule has 0 amide bonds. The molecule has 0 rings (SSSR count). The average molecular weight is 234 g/mol. The molecule has 0 aromatic carbocycles. The van der Waals surface area contributed by atoms with E-state index in [0.717, 1.165) is 19.6 Å². The Hall–Kier alpha value is -0.400. The topological polar surface area (TPSA) is 26.3 Å². The third-order valence-electron chi connectivity index (χ3n) is 1.34. The van der Waals surface area contributed by atoms with Gasteiger partial charge in [0, 0.05) is 5.57 Å². The maximum Gasteiger partial charge on any atom is 0.333 e. The van der Waals surface area contributed by atoms with Crippen molar-refractivity contribution in [2.24, 2.45) is 0 Å². The fraction of sp³-hybridized carbons (Fsp3) is 0.727. The molecule has 0 aromatic rings. The number of hydrogen-bond donors (Lipinski definition) is 0. The monoisotopic (exact) mass is 234 g/mol. The summed E-state index contributed by atoms with van der Waals surface area (Å²) in [6.45, 7) is 10.7. The summed E-state index contributed by atoms with van der Waals surface area (Å²) in [5.41, 5.74) is 0.455. The Bertz CT molecular complexity index is 197. The van der Waals surface area contributed by atoms with Crippen LogP contribution < -0.4 is 0 Å². The third kappa shape index (κ3) is 16.3. The van der Waals surface area contributed by atoms with E-state index in [9.17, 15) is 4.79 Å². The van der Waals surface area contributed by atoms with Crippen molar-refractivity contribution in [3.63, 3.8) is 0 Å². The fourth-order valence-electron chi connectivity index (χ4n) is 0.535. The van der Waals surface area contributed by atoms with Crippen molar-refractivity contribution in [3.05, 3.63) is 12.2 Å². The molecule has 0 atom stereocenters. The quantitative estimate of drug-likeness (QED) is 0.320. The highest BCUT2D eigenvalue weighted by Crippen LogP contribution is 1.94. The number of likely N-dealkylation sites (N-methyl/N-ethyl adjacent to an activating group) is 1. The van der Waals surface area contributed by atoms with Crippen LogP contribution in [0, 0.1) is 0 Å². The van der Waals surface area contributed by atoms with E-state index in [0.29, 0.717) is 12.2 Å². The van der Waals surface area contributed by atoms with Gasteiger partial charge in [-0.2, -0.15) is 0 Å². The molecule has 3 nitrogen and oxygen atoms in total. The number of ether oxygens (including phenoxy) is 1. The molecule has 90 valence electrons. The number of hydrogen-bond acceptors (Lipinski definition) is 2. The predicted molar refractivity (Wildman–Crippen MR) is 68.8 cm³/mol. The van der Waals surface area contributed by atoms with Crippen LogP contribution in [0.3, 0.4) is 0 Å². The lowest BCUT2D eigenvalue weighted by molar-refractivity contribution is -0.870. The van der Waals surface area contributed by atoms with Gasteiger partial charge in [0.25, 0.3) is 0 Å². The van der Waals surface area contributed by atoms with Crippen molar-refractivity contribution < 1.29 is 14.0 Å². The van der Waals surface area contributed by atoms with E-state index in [4.69, 9.17) is 4.74 Å². The highest BCUT2D eigenvalue weighted by Gasteiger charge is 2.09. The van der Waals surface area contributed by atoms with E-state index in [1.54, 1.807) is 6.92 Å². The van der Waals surface area contributed by atoms with Gasteiger partial charge in [-0.05, 0) is 20.3 Å². The highest BCUT2D eigenvalue weighted by molar-refractivity contribution is 7.35. The van der Waals surface area contributed by atoms with Gasteiger partial charge in [-0.3, -0.25) is 0 Å². The Labute approximate surface area is 95.9 Å². The average Bonchev–Trinajstić information content (AvgIpc) is 2.02. The molecule has 0 aliphatic heterocycles. The van der Waals surface area contributed by atoms with E-state index in [-0.39, 0.29) is 5.97 Å². The molecule has 0 spiro atoms. The molecule has 4 heteroatoms. The Morgan fingerprint density at radius 3 is 2.00 bits per heavy atom. The van der Waals surface area contributed by atoms with Gasteiger partial charge in [0.05, 0.1) is 21.1 Å². The smallest absolute Gasteiger partial charge is 0.333 e. The Morgan fingerprint density at radius 1 is 1.33 bits per heavy atom. The second-order valence-corrected chi connectivity index (χ2v) is 5.43. The molecule has 0 radical (unpaired) electrons. The Kier molecular flexibility index (Phi) is 10.1. The predicted octanol–water partition coefficient (Wildman–Crippen LogP) is 1.74. The van der Waals surface area contributed by atoms with Gasteiger partial charge < -0.3 is 9.22 Å². The van der Waals surface area contributed by atoms with Crippen LogP contribution in [-0.2, 0) is 9.53 Å². The van der Waals surface area contributed by atoms with Gasteiger partial charge in [-0.15, -0.1) is 8.58 Å². The molecule has 0 saturated carbocycles. The summed E-state index contributed by atoms with van der Waals surface area (Å²) in [6, 6.07) is 0. The molecule has 0 saturated heterocycles. The highest BCUT2D eigenvalue weighted by atomic mass is 31.1. The summed E-state index contributed by atoms with van der Waals surface area (Å²) >= 11 is 0. The first-order valence-electron chi connectivity index (χ1n) is 4.96. The summed E-state index contributed by atoms with van der Waals surface area (Å²) in [7, 11) is 7.23. The second kappa shape index (κ2) is 8.87. The summed E-state index contributed by atoms with van der Waals surface area (Å²) in [4.78, 5) is 10.9. The van der Waals surface area contributed by atoms with E-state index >= 15 is 0 Å². The van der Waals surface area contributed by atoms with Crippen molar-refractivity contribution in [1.82, 2.24) is 0 Å². The first kappa shape index (κ1) is 17.0. The van der Waals surface area contributed by atoms with Gasteiger partial charge in [0.15, 0.2) is 0 Å².